The number of fused-ring (bicyclic) bond motifs is 1. The first-order chi connectivity index (χ1) is 9.72. The van der Waals surface area contributed by atoms with Gasteiger partial charge in [-0.15, -0.1) is 0 Å². The molecule has 4 heteroatoms. The van der Waals surface area contributed by atoms with Crippen LogP contribution in [0.2, 0.25) is 0 Å². The quantitative estimate of drug-likeness (QED) is 0.797. The van der Waals surface area contributed by atoms with Crippen LogP contribution < -0.4 is 10.1 Å². The van der Waals surface area contributed by atoms with Crippen LogP contribution in [-0.2, 0) is 17.3 Å². The van der Waals surface area contributed by atoms with Gasteiger partial charge in [0.15, 0.2) is 0 Å². The van der Waals surface area contributed by atoms with Crippen molar-refractivity contribution in [3.05, 3.63) is 42.0 Å². The predicted octanol–water partition coefficient (Wildman–Crippen LogP) is 2.71. The first-order valence-corrected chi connectivity index (χ1v) is 8.50. The maximum absolute atomic E-state index is 11.0. The molecule has 20 heavy (non-hydrogen) atoms. The van der Waals surface area contributed by atoms with E-state index in [0.717, 1.165) is 36.4 Å². The first-order valence-electron chi connectivity index (χ1n) is 6.77. The molecule has 0 bridgehead atoms. The Morgan fingerprint density at radius 1 is 1.15 bits per heavy atom. The molecule has 1 unspecified atom stereocenters. The summed E-state index contributed by atoms with van der Waals surface area (Å²) in [5.41, 5.74) is 1.26. The van der Waals surface area contributed by atoms with E-state index in [0.29, 0.717) is 0 Å². The summed E-state index contributed by atoms with van der Waals surface area (Å²) in [4.78, 5) is 0. The number of ether oxygens (including phenoxy) is 1. The van der Waals surface area contributed by atoms with Gasteiger partial charge >= 0.3 is 0 Å². The zero-order valence-electron chi connectivity index (χ0n) is 12.0. The van der Waals surface area contributed by atoms with Crippen molar-refractivity contribution >= 4 is 21.6 Å². The fourth-order valence-corrected chi connectivity index (χ4v) is 2.84. The Kier molecular flexibility index (Phi) is 5.56. The highest BCUT2D eigenvalue weighted by molar-refractivity contribution is 7.84. The van der Waals surface area contributed by atoms with E-state index in [9.17, 15) is 4.21 Å². The molecule has 0 saturated heterocycles. The van der Waals surface area contributed by atoms with Crippen LogP contribution in [0, 0.1) is 0 Å². The molecule has 0 aliphatic carbocycles. The van der Waals surface area contributed by atoms with Crippen LogP contribution in [0.1, 0.15) is 12.0 Å². The number of benzene rings is 2. The summed E-state index contributed by atoms with van der Waals surface area (Å²) in [7, 11) is 1.00. The molecule has 0 aliphatic rings. The third-order valence-corrected chi connectivity index (χ3v) is 4.16. The lowest BCUT2D eigenvalue weighted by Crippen LogP contribution is -2.16. The molecule has 108 valence electrons. The highest BCUT2D eigenvalue weighted by Gasteiger charge is 2.05. The van der Waals surface area contributed by atoms with E-state index in [4.69, 9.17) is 4.74 Å². The molecule has 0 fully saturated rings. The summed E-state index contributed by atoms with van der Waals surface area (Å²) in [5.74, 6) is 1.67. The van der Waals surface area contributed by atoms with Crippen LogP contribution in [0.5, 0.6) is 5.75 Å². The van der Waals surface area contributed by atoms with Crippen LogP contribution in [0.4, 0.5) is 0 Å². The van der Waals surface area contributed by atoms with Gasteiger partial charge in [0.05, 0.1) is 7.11 Å². The standard InChI is InChI=1S/C16H21NO2S/c1-19-16-9-8-13(12-17-10-5-11-20(2)18)14-6-3-4-7-15(14)16/h3-4,6-9,17H,5,10-12H2,1-2H3. The zero-order chi connectivity index (χ0) is 14.4. The molecule has 0 aliphatic heterocycles. The Morgan fingerprint density at radius 2 is 1.90 bits per heavy atom. The number of rotatable bonds is 7. The van der Waals surface area contributed by atoms with Crippen molar-refractivity contribution in [2.24, 2.45) is 0 Å². The fourth-order valence-electron chi connectivity index (χ4n) is 2.29. The van der Waals surface area contributed by atoms with E-state index in [2.05, 4.69) is 23.5 Å². The van der Waals surface area contributed by atoms with Gasteiger partial charge in [0.2, 0.25) is 0 Å². The molecule has 2 rings (SSSR count). The van der Waals surface area contributed by atoms with E-state index >= 15 is 0 Å². The summed E-state index contributed by atoms with van der Waals surface area (Å²) >= 11 is 0. The van der Waals surface area contributed by atoms with Gasteiger partial charge in [-0.1, -0.05) is 30.3 Å². The Morgan fingerprint density at radius 3 is 2.60 bits per heavy atom. The lowest BCUT2D eigenvalue weighted by Gasteiger charge is -2.11. The summed E-state index contributed by atoms with van der Waals surface area (Å²) in [6, 6.07) is 12.4. The van der Waals surface area contributed by atoms with Crippen LogP contribution in [0.15, 0.2) is 36.4 Å². The zero-order valence-corrected chi connectivity index (χ0v) is 12.8. The van der Waals surface area contributed by atoms with Gasteiger partial charge in [-0.2, -0.15) is 0 Å². The van der Waals surface area contributed by atoms with Gasteiger partial charge in [0, 0.05) is 34.7 Å². The van der Waals surface area contributed by atoms with Gasteiger partial charge in [-0.05, 0) is 30.0 Å². The SMILES string of the molecule is COc1ccc(CNCCCS(C)=O)c2ccccc12. The monoisotopic (exact) mass is 291 g/mol. The second kappa shape index (κ2) is 7.41. The smallest absolute Gasteiger partial charge is 0.126 e. The van der Waals surface area contributed by atoms with Crippen molar-refractivity contribution in [1.82, 2.24) is 5.32 Å². The molecule has 2 aromatic carbocycles. The van der Waals surface area contributed by atoms with E-state index in [-0.39, 0.29) is 0 Å². The molecule has 1 atom stereocenters. The molecule has 0 amide bonds. The van der Waals surface area contributed by atoms with Gasteiger partial charge in [0.25, 0.3) is 0 Å². The van der Waals surface area contributed by atoms with E-state index in [1.54, 1.807) is 13.4 Å². The Bertz CT molecular complexity index is 598. The highest BCUT2D eigenvalue weighted by atomic mass is 32.2. The van der Waals surface area contributed by atoms with Gasteiger partial charge in [0.1, 0.15) is 5.75 Å². The van der Waals surface area contributed by atoms with Crippen LogP contribution in [0.3, 0.4) is 0 Å². The number of hydrogen-bond acceptors (Lipinski definition) is 3. The lowest BCUT2D eigenvalue weighted by molar-refractivity contribution is 0.419. The van der Waals surface area contributed by atoms with E-state index in [1.807, 2.05) is 18.2 Å². The third-order valence-electron chi connectivity index (χ3n) is 3.30. The van der Waals surface area contributed by atoms with Crippen molar-refractivity contribution in [2.45, 2.75) is 13.0 Å². The number of hydrogen-bond donors (Lipinski definition) is 1. The second-order valence-electron chi connectivity index (χ2n) is 4.78. The summed E-state index contributed by atoms with van der Waals surface area (Å²) in [6.07, 6.45) is 2.69. The van der Waals surface area contributed by atoms with Gasteiger partial charge in [-0.3, -0.25) is 4.21 Å². The van der Waals surface area contributed by atoms with Crippen molar-refractivity contribution in [2.75, 3.05) is 25.7 Å². The average molecular weight is 291 g/mol. The second-order valence-corrected chi connectivity index (χ2v) is 6.33. The molecule has 1 N–H and O–H groups in total. The minimum Gasteiger partial charge on any atom is -0.496 e. The summed E-state index contributed by atoms with van der Waals surface area (Å²) in [6.45, 7) is 1.71. The molecule has 0 spiro atoms. The summed E-state index contributed by atoms with van der Waals surface area (Å²) in [5, 5.41) is 5.77. The minimum atomic E-state index is -0.697. The van der Waals surface area contributed by atoms with Crippen molar-refractivity contribution in [3.63, 3.8) is 0 Å². The maximum atomic E-state index is 11.0. The normalized spacial score (nSPS) is 12.5. The Hall–Kier alpha value is -1.39. The predicted molar refractivity (Wildman–Crippen MR) is 85.8 cm³/mol. The molecular weight excluding hydrogens is 270 g/mol. The molecule has 3 nitrogen and oxygen atoms in total. The molecule has 0 aromatic heterocycles. The largest absolute Gasteiger partial charge is 0.496 e. The van der Waals surface area contributed by atoms with E-state index < -0.39 is 10.8 Å². The van der Waals surface area contributed by atoms with Crippen molar-refractivity contribution in [1.29, 1.82) is 0 Å². The molecule has 0 heterocycles. The number of nitrogens with one attached hydrogen (secondary N) is 1. The fraction of sp³-hybridized carbons (Fsp3) is 0.375. The van der Waals surface area contributed by atoms with Crippen molar-refractivity contribution < 1.29 is 8.95 Å². The molecule has 0 saturated carbocycles. The van der Waals surface area contributed by atoms with Gasteiger partial charge in [-0.25, -0.2) is 0 Å². The lowest BCUT2D eigenvalue weighted by atomic mass is 10.0. The first kappa shape index (κ1) is 15.0. The Balaban J connectivity index is 2.05. The van der Waals surface area contributed by atoms with E-state index in [1.165, 1.54) is 10.9 Å². The molecule has 2 aromatic rings. The van der Waals surface area contributed by atoms with Crippen LogP contribution in [0.25, 0.3) is 10.8 Å². The Labute approximate surface area is 122 Å². The topological polar surface area (TPSA) is 38.3 Å². The van der Waals surface area contributed by atoms with Crippen LogP contribution in [-0.4, -0.2) is 29.9 Å². The average Bonchev–Trinajstić information content (AvgIpc) is 2.46. The summed E-state index contributed by atoms with van der Waals surface area (Å²) < 4.78 is 16.4. The minimum absolute atomic E-state index is 0.697. The highest BCUT2D eigenvalue weighted by Crippen LogP contribution is 2.28. The third kappa shape index (κ3) is 3.81. The number of methoxy groups -OCH3 is 1. The maximum Gasteiger partial charge on any atom is 0.126 e. The van der Waals surface area contributed by atoms with Crippen molar-refractivity contribution in [3.8, 4) is 5.75 Å². The molecule has 0 radical (unpaired) electrons. The molecular formula is C16H21NO2S. The van der Waals surface area contributed by atoms with Crippen LogP contribution >= 0.6 is 0 Å². The van der Waals surface area contributed by atoms with Gasteiger partial charge < -0.3 is 10.1 Å².